The van der Waals surface area contributed by atoms with E-state index in [2.05, 4.69) is 10.6 Å². The Morgan fingerprint density at radius 2 is 1.88 bits per heavy atom. The molecule has 1 saturated carbocycles. The van der Waals surface area contributed by atoms with Crippen LogP contribution in [0.25, 0.3) is 0 Å². The van der Waals surface area contributed by atoms with Gasteiger partial charge in [0.2, 0.25) is 0 Å². The number of hydrogen-bond donors (Lipinski definition) is 2. The summed E-state index contributed by atoms with van der Waals surface area (Å²) in [6, 6.07) is 5.32. The minimum absolute atomic E-state index is 0.106. The average Bonchev–Trinajstić information content (AvgIpc) is 3.30. The smallest absolute Gasteiger partial charge is 0.256 e. The number of carbonyl (C=O) groups is 2. The van der Waals surface area contributed by atoms with Crippen LogP contribution in [0.3, 0.4) is 0 Å². The number of halogens is 1. The van der Waals surface area contributed by atoms with Crippen LogP contribution in [0.4, 0.5) is 5.69 Å². The fourth-order valence-electron chi connectivity index (χ4n) is 3.15. The van der Waals surface area contributed by atoms with Crippen molar-refractivity contribution in [3.63, 3.8) is 0 Å². The van der Waals surface area contributed by atoms with Gasteiger partial charge in [0.1, 0.15) is 0 Å². The molecule has 25 heavy (non-hydrogen) atoms. The van der Waals surface area contributed by atoms with E-state index >= 15 is 0 Å². The monoisotopic (exact) mass is 374 g/mol. The summed E-state index contributed by atoms with van der Waals surface area (Å²) in [5.41, 5.74) is 3.01. The van der Waals surface area contributed by atoms with Crippen LogP contribution in [0.1, 0.15) is 56.8 Å². The Bertz CT molecular complexity index is 842. The second-order valence-corrected chi connectivity index (χ2v) is 8.03. The fourth-order valence-corrected chi connectivity index (χ4v) is 4.54. The molecule has 0 aliphatic heterocycles. The lowest BCUT2D eigenvalue weighted by Gasteiger charge is -2.13. The molecule has 1 heterocycles. The van der Waals surface area contributed by atoms with Gasteiger partial charge in [0.25, 0.3) is 11.8 Å². The standard InChI is InChI=1S/C19H19ClN2O2S/c20-16-9-12(7-8-14(16)18(23)21-11-5-6-11)22-19(24)15-10-25-17-4-2-1-3-13(15)17/h7-11H,1-6H2,(H,21,23)(H,22,24). The molecule has 4 rings (SSSR count). The first-order chi connectivity index (χ1) is 12.1. The summed E-state index contributed by atoms with van der Waals surface area (Å²) in [5, 5.41) is 8.12. The largest absolute Gasteiger partial charge is 0.349 e. The number of rotatable bonds is 4. The predicted molar refractivity (Wildman–Crippen MR) is 101 cm³/mol. The van der Waals surface area contributed by atoms with E-state index < -0.39 is 0 Å². The molecule has 4 nitrogen and oxygen atoms in total. The molecule has 130 valence electrons. The van der Waals surface area contributed by atoms with E-state index in [1.807, 2.05) is 5.38 Å². The molecular formula is C19H19ClN2O2S. The van der Waals surface area contributed by atoms with Crippen LogP contribution in [-0.2, 0) is 12.8 Å². The topological polar surface area (TPSA) is 58.2 Å². The van der Waals surface area contributed by atoms with Crippen molar-refractivity contribution in [3.05, 3.63) is 50.2 Å². The molecule has 0 bridgehead atoms. The van der Waals surface area contributed by atoms with Crippen molar-refractivity contribution in [3.8, 4) is 0 Å². The van der Waals surface area contributed by atoms with E-state index in [4.69, 9.17) is 11.6 Å². The maximum atomic E-state index is 12.6. The third kappa shape index (κ3) is 3.58. The van der Waals surface area contributed by atoms with Gasteiger partial charge in [-0.15, -0.1) is 11.3 Å². The number of aryl methyl sites for hydroxylation is 1. The Morgan fingerprint density at radius 1 is 1.08 bits per heavy atom. The summed E-state index contributed by atoms with van der Waals surface area (Å²) < 4.78 is 0. The normalized spacial score (nSPS) is 16.2. The van der Waals surface area contributed by atoms with Crippen LogP contribution in [0.5, 0.6) is 0 Å². The molecule has 0 saturated heterocycles. The summed E-state index contributed by atoms with van der Waals surface area (Å²) in [4.78, 5) is 26.1. The SMILES string of the molecule is O=C(NC1CC1)c1ccc(NC(=O)c2csc3c2CCCC3)cc1Cl. The second-order valence-electron chi connectivity index (χ2n) is 6.65. The number of fused-ring (bicyclic) bond motifs is 1. The summed E-state index contributed by atoms with van der Waals surface area (Å²) in [6.45, 7) is 0. The zero-order valence-corrected chi connectivity index (χ0v) is 15.3. The van der Waals surface area contributed by atoms with Crippen molar-refractivity contribution < 1.29 is 9.59 Å². The molecule has 0 atom stereocenters. The summed E-state index contributed by atoms with van der Waals surface area (Å²) in [5.74, 6) is -0.261. The third-order valence-electron chi connectivity index (χ3n) is 4.69. The molecule has 0 spiro atoms. The van der Waals surface area contributed by atoms with Gasteiger partial charge in [-0.25, -0.2) is 0 Å². The maximum Gasteiger partial charge on any atom is 0.256 e. The minimum Gasteiger partial charge on any atom is -0.349 e. The van der Waals surface area contributed by atoms with Crippen LogP contribution in [0, 0.1) is 0 Å². The van der Waals surface area contributed by atoms with Crippen molar-refractivity contribution >= 4 is 40.4 Å². The molecular weight excluding hydrogens is 356 g/mol. The number of hydrogen-bond acceptors (Lipinski definition) is 3. The first-order valence-electron chi connectivity index (χ1n) is 8.63. The third-order valence-corrected chi connectivity index (χ3v) is 6.09. The quantitative estimate of drug-likeness (QED) is 0.831. The zero-order chi connectivity index (χ0) is 17.4. The van der Waals surface area contributed by atoms with Gasteiger partial charge in [-0.05, 0) is 62.3 Å². The highest BCUT2D eigenvalue weighted by Gasteiger charge is 2.25. The van der Waals surface area contributed by atoms with E-state index in [1.54, 1.807) is 29.5 Å². The molecule has 2 amide bonds. The average molecular weight is 375 g/mol. The van der Waals surface area contributed by atoms with Crippen molar-refractivity contribution in [2.45, 2.75) is 44.6 Å². The number of carbonyl (C=O) groups excluding carboxylic acids is 2. The molecule has 1 aromatic heterocycles. The number of benzene rings is 1. The van der Waals surface area contributed by atoms with Crippen molar-refractivity contribution in [2.24, 2.45) is 0 Å². The van der Waals surface area contributed by atoms with Crippen LogP contribution in [0.15, 0.2) is 23.6 Å². The van der Waals surface area contributed by atoms with Crippen LogP contribution >= 0.6 is 22.9 Å². The molecule has 0 radical (unpaired) electrons. The van der Waals surface area contributed by atoms with Crippen LogP contribution < -0.4 is 10.6 Å². The Balaban J connectivity index is 1.48. The molecule has 2 N–H and O–H groups in total. The van der Waals surface area contributed by atoms with Crippen LogP contribution in [-0.4, -0.2) is 17.9 Å². The molecule has 6 heteroatoms. The minimum atomic E-state index is -0.155. The zero-order valence-electron chi connectivity index (χ0n) is 13.7. The van der Waals surface area contributed by atoms with E-state index in [-0.39, 0.29) is 17.9 Å². The molecule has 0 unspecified atom stereocenters. The van der Waals surface area contributed by atoms with E-state index in [0.29, 0.717) is 16.3 Å². The van der Waals surface area contributed by atoms with Gasteiger partial charge in [0, 0.05) is 22.0 Å². The van der Waals surface area contributed by atoms with Gasteiger partial charge >= 0.3 is 0 Å². The number of anilines is 1. The molecule has 2 aliphatic rings. The Labute approximate surface area is 155 Å². The summed E-state index contributed by atoms with van der Waals surface area (Å²) >= 11 is 7.91. The molecule has 1 fully saturated rings. The van der Waals surface area contributed by atoms with Crippen LogP contribution in [0.2, 0.25) is 5.02 Å². The number of nitrogens with one attached hydrogen (secondary N) is 2. The van der Waals surface area contributed by atoms with Crippen molar-refractivity contribution in [1.82, 2.24) is 5.32 Å². The highest BCUT2D eigenvalue weighted by molar-refractivity contribution is 7.10. The number of amides is 2. The number of thiophene rings is 1. The Hall–Kier alpha value is -1.85. The van der Waals surface area contributed by atoms with E-state index in [1.165, 1.54) is 16.9 Å². The van der Waals surface area contributed by atoms with E-state index in [0.717, 1.165) is 37.7 Å². The van der Waals surface area contributed by atoms with Gasteiger partial charge in [-0.2, -0.15) is 0 Å². The second kappa shape index (κ2) is 6.81. The lowest BCUT2D eigenvalue weighted by molar-refractivity contribution is 0.0950. The van der Waals surface area contributed by atoms with Gasteiger partial charge in [-0.1, -0.05) is 11.6 Å². The predicted octanol–water partition coefficient (Wildman–Crippen LogP) is 4.42. The molecule has 2 aromatic rings. The lowest BCUT2D eigenvalue weighted by atomic mass is 9.95. The van der Waals surface area contributed by atoms with Crippen molar-refractivity contribution in [2.75, 3.05) is 5.32 Å². The van der Waals surface area contributed by atoms with E-state index in [9.17, 15) is 9.59 Å². The summed E-state index contributed by atoms with van der Waals surface area (Å²) in [7, 11) is 0. The Kier molecular flexibility index (Phi) is 4.52. The first-order valence-corrected chi connectivity index (χ1v) is 9.88. The van der Waals surface area contributed by atoms with Gasteiger partial charge in [-0.3, -0.25) is 9.59 Å². The highest BCUT2D eigenvalue weighted by Crippen LogP contribution is 2.31. The van der Waals surface area contributed by atoms with Gasteiger partial charge in [0.05, 0.1) is 16.1 Å². The molecule has 1 aromatic carbocycles. The fraction of sp³-hybridized carbons (Fsp3) is 0.368. The maximum absolute atomic E-state index is 12.6. The lowest BCUT2D eigenvalue weighted by Crippen LogP contribution is -2.25. The Morgan fingerprint density at radius 3 is 2.64 bits per heavy atom. The van der Waals surface area contributed by atoms with Crippen molar-refractivity contribution in [1.29, 1.82) is 0 Å². The van der Waals surface area contributed by atoms with Gasteiger partial charge in [0.15, 0.2) is 0 Å². The van der Waals surface area contributed by atoms with Gasteiger partial charge < -0.3 is 10.6 Å². The first kappa shape index (κ1) is 16.6. The summed E-state index contributed by atoms with van der Waals surface area (Å²) in [6.07, 6.45) is 6.45. The molecule has 2 aliphatic carbocycles. The highest BCUT2D eigenvalue weighted by atomic mass is 35.5.